The fourth-order valence-corrected chi connectivity index (χ4v) is 2.06. The van der Waals surface area contributed by atoms with E-state index < -0.39 is 0 Å². The van der Waals surface area contributed by atoms with Gasteiger partial charge in [0.25, 0.3) is 5.91 Å². The van der Waals surface area contributed by atoms with Crippen LogP contribution in [-0.4, -0.2) is 24.6 Å². The van der Waals surface area contributed by atoms with Gasteiger partial charge in [0.2, 0.25) is 0 Å². The van der Waals surface area contributed by atoms with Gasteiger partial charge in [0.05, 0.1) is 13.7 Å². The molecule has 0 saturated heterocycles. The van der Waals surface area contributed by atoms with E-state index in [1.54, 1.807) is 37.6 Å². The Morgan fingerprint density at radius 2 is 2.15 bits per heavy atom. The highest BCUT2D eigenvalue weighted by atomic mass is 79.9. The summed E-state index contributed by atoms with van der Waals surface area (Å²) in [7, 11) is 1.56. The van der Waals surface area contributed by atoms with Gasteiger partial charge in [-0.15, -0.1) is 0 Å². The van der Waals surface area contributed by atoms with E-state index in [4.69, 9.17) is 9.47 Å². The largest absolute Gasteiger partial charge is 0.493 e. The van der Waals surface area contributed by atoms with Gasteiger partial charge in [0, 0.05) is 22.4 Å². The first kappa shape index (κ1) is 14.5. The fraction of sp³-hybridized carbons (Fsp3) is 0.214. The van der Waals surface area contributed by atoms with Crippen molar-refractivity contribution in [3.63, 3.8) is 0 Å². The predicted octanol–water partition coefficient (Wildman–Crippen LogP) is 3.44. The van der Waals surface area contributed by atoms with E-state index in [0.29, 0.717) is 29.5 Å². The van der Waals surface area contributed by atoms with Gasteiger partial charge >= 0.3 is 0 Å². The minimum atomic E-state index is -0.220. The number of hydrogen-bond acceptors (Lipinski definition) is 3. The molecule has 0 fully saturated rings. The van der Waals surface area contributed by atoms with Crippen molar-refractivity contribution in [2.75, 3.05) is 19.0 Å². The smallest absolute Gasteiger partial charge is 0.272 e. The molecule has 20 heavy (non-hydrogen) atoms. The molecule has 0 aliphatic carbocycles. The van der Waals surface area contributed by atoms with Crippen molar-refractivity contribution in [2.24, 2.45) is 0 Å². The second-order valence-corrected chi connectivity index (χ2v) is 4.90. The van der Waals surface area contributed by atoms with Crippen LogP contribution in [-0.2, 0) is 0 Å². The third-order valence-corrected chi connectivity index (χ3v) is 3.07. The fourth-order valence-electron chi connectivity index (χ4n) is 1.72. The lowest BCUT2D eigenvalue weighted by Crippen LogP contribution is -2.12. The Hall–Kier alpha value is -1.95. The monoisotopic (exact) mass is 338 g/mol. The minimum absolute atomic E-state index is 0.220. The molecule has 0 radical (unpaired) electrons. The van der Waals surface area contributed by atoms with Gasteiger partial charge in [-0.1, -0.05) is 0 Å². The summed E-state index contributed by atoms with van der Waals surface area (Å²) in [6, 6.07) is 6.97. The van der Waals surface area contributed by atoms with Crippen molar-refractivity contribution in [3.05, 3.63) is 40.6 Å². The first-order chi connectivity index (χ1) is 9.63. The topological polar surface area (TPSA) is 63.3 Å². The number of halogens is 1. The lowest BCUT2D eigenvalue weighted by atomic mass is 10.2. The third kappa shape index (κ3) is 3.33. The van der Waals surface area contributed by atoms with Gasteiger partial charge in [0.1, 0.15) is 5.69 Å². The number of aromatic nitrogens is 1. The normalized spacial score (nSPS) is 10.2. The average molecular weight is 339 g/mol. The van der Waals surface area contributed by atoms with Crippen LogP contribution >= 0.6 is 15.9 Å². The van der Waals surface area contributed by atoms with E-state index >= 15 is 0 Å². The number of nitrogens with one attached hydrogen (secondary N) is 2. The standard InChI is InChI=1S/C14H15BrN2O3/c1-3-20-12-5-4-10(7-13(12)19-2)17-14(18)11-6-9(15)8-16-11/h4-8,16H,3H2,1-2H3,(H,17,18). The number of aromatic amines is 1. The Kier molecular flexibility index (Phi) is 4.68. The lowest BCUT2D eigenvalue weighted by molar-refractivity contribution is 0.102. The van der Waals surface area contributed by atoms with Gasteiger partial charge < -0.3 is 19.8 Å². The van der Waals surface area contributed by atoms with Crippen LogP contribution in [0.2, 0.25) is 0 Å². The highest BCUT2D eigenvalue weighted by molar-refractivity contribution is 9.10. The number of H-pyrrole nitrogens is 1. The molecule has 0 bridgehead atoms. The molecule has 0 atom stereocenters. The molecule has 1 aromatic carbocycles. The summed E-state index contributed by atoms with van der Waals surface area (Å²) in [6.45, 7) is 2.46. The van der Waals surface area contributed by atoms with Crippen molar-refractivity contribution >= 4 is 27.5 Å². The second-order valence-electron chi connectivity index (χ2n) is 3.98. The van der Waals surface area contributed by atoms with Crippen LogP contribution in [0.4, 0.5) is 5.69 Å². The van der Waals surface area contributed by atoms with Crippen LogP contribution in [0.5, 0.6) is 11.5 Å². The summed E-state index contributed by atoms with van der Waals surface area (Å²) in [5.41, 5.74) is 1.12. The summed E-state index contributed by atoms with van der Waals surface area (Å²) < 4.78 is 11.5. The Morgan fingerprint density at radius 1 is 1.35 bits per heavy atom. The van der Waals surface area contributed by atoms with Crippen LogP contribution in [0.25, 0.3) is 0 Å². The Labute approximate surface area is 125 Å². The Bertz CT molecular complexity index is 610. The molecule has 0 aliphatic heterocycles. The summed E-state index contributed by atoms with van der Waals surface area (Å²) in [5, 5.41) is 2.79. The van der Waals surface area contributed by atoms with E-state index in [1.165, 1.54) is 0 Å². The summed E-state index contributed by atoms with van der Waals surface area (Å²) in [5.74, 6) is 1.01. The quantitative estimate of drug-likeness (QED) is 0.877. The number of anilines is 1. The highest BCUT2D eigenvalue weighted by Crippen LogP contribution is 2.30. The average Bonchev–Trinajstić information content (AvgIpc) is 2.87. The first-order valence-corrected chi connectivity index (χ1v) is 6.89. The molecule has 106 valence electrons. The number of carbonyl (C=O) groups is 1. The lowest BCUT2D eigenvalue weighted by Gasteiger charge is -2.11. The number of carbonyl (C=O) groups excluding carboxylic acids is 1. The summed E-state index contributed by atoms with van der Waals surface area (Å²) >= 11 is 3.29. The van der Waals surface area contributed by atoms with Gasteiger partial charge in [-0.2, -0.15) is 0 Å². The molecular weight excluding hydrogens is 324 g/mol. The van der Waals surface area contributed by atoms with Gasteiger partial charge in [-0.3, -0.25) is 4.79 Å². The van der Waals surface area contributed by atoms with Crippen LogP contribution < -0.4 is 14.8 Å². The van der Waals surface area contributed by atoms with Crippen molar-refractivity contribution in [1.29, 1.82) is 0 Å². The Morgan fingerprint density at radius 3 is 2.75 bits per heavy atom. The van der Waals surface area contributed by atoms with E-state index in [-0.39, 0.29) is 5.91 Å². The van der Waals surface area contributed by atoms with Crippen molar-refractivity contribution in [3.8, 4) is 11.5 Å². The maximum absolute atomic E-state index is 12.0. The van der Waals surface area contributed by atoms with Gasteiger partial charge in [-0.05, 0) is 41.1 Å². The van der Waals surface area contributed by atoms with Crippen LogP contribution in [0.3, 0.4) is 0 Å². The zero-order valence-electron chi connectivity index (χ0n) is 11.2. The second kappa shape index (κ2) is 6.47. The molecule has 0 saturated carbocycles. The van der Waals surface area contributed by atoms with Crippen LogP contribution in [0, 0.1) is 0 Å². The Balaban J connectivity index is 2.15. The van der Waals surface area contributed by atoms with E-state index in [0.717, 1.165) is 4.47 Å². The molecule has 2 N–H and O–H groups in total. The molecule has 0 aliphatic rings. The molecule has 0 unspecified atom stereocenters. The molecule has 1 amide bonds. The number of hydrogen-bond donors (Lipinski definition) is 2. The number of amides is 1. The van der Waals surface area contributed by atoms with E-state index in [2.05, 4.69) is 26.2 Å². The SMILES string of the molecule is CCOc1ccc(NC(=O)c2cc(Br)c[nH]2)cc1OC. The number of benzene rings is 1. The molecule has 0 spiro atoms. The van der Waals surface area contributed by atoms with Crippen molar-refractivity contribution in [1.82, 2.24) is 4.98 Å². The van der Waals surface area contributed by atoms with E-state index in [9.17, 15) is 4.79 Å². The third-order valence-electron chi connectivity index (χ3n) is 2.61. The zero-order valence-corrected chi connectivity index (χ0v) is 12.8. The van der Waals surface area contributed by atoms with Crippen LogP contribution in [0.15, 0.2) is 34.9 Å². The van der Waals surface area contributed by atoms with Crippen molar-refractivity contribution in [2.45, 2.75) is 6.92 Å². The zero-order chi connectivity index (χ0) is 14.5. The molecule has 6 heteroatoms. The highest BCUT2D eigenvalue weighted by Gasteiger charge is 2.10. The molecular formula is C14H15BrN2O3. The minimum Gasteiger partial charge on any atom is -0.493 e. The maximum atomic E-state index is 12.0. The van der Waals surface area contributed by atoms with Gasteiger partial charge in [0.15, 0.2) is 11.5 Å². The van der Waals surface area contributed by atoms with Crippen LogP contribution in [0.1, 0.15) is 17.4 Å². The molecule has 1 heterocycles. The number of methoxy groups -OCH3 is 1. The molecule has 1 aromatic heterocycles. The van der Waals surface area contributed by atoms with Crippen molar-refractivity contribution < 1.29 is 14.3 Å². The number of ether oxygens (including phenoxy) is 2. The summed E-state index contributed by atoms with van der Waals surface area (Å²) in [6.07, 6.45) is 1.70. The van der Waals surface area contributed by atoms with E-state index in [1.807, 2.05) is 6.92 Å². The molecule has 2 rings (SSSR count). The first-order valence-electron chi connectivity index (χ1n) is 6.10. The maximum Gasteiger partial charge on any atom is 0.272 e. The van der Waals surface area contributed by atoms with Gasteiger partial charge in [-0.25, -0.2) is 0 Å². The summed E-state index contributed by atoms with van der Waals surface area (Å²) in [4.78, 5) is 14.9. The predicted molar refractivity (Wildman–Crippen MR) is 80.6 cm³/mol. The molecule has 2 aromatic rings. The molecule has 5 nitrogen and oxygen atoms in total. The number of rotatable bonds is 5.